The van der Waals surface area contributed by atoms with Crippen LogP contribution in [0, 0.1) is 0 Å². The van der Waals surface area contributed by atoms with Gasteiger partial charge >= 0.3 is 0 Å². The minimum absolute atomic E-state index is 0.269. The third kappa shape index (κ3) is 6.74. The number of rotatable bonds is 11. The fourth-order valence-corrected chi connectivity index (χ4v) is 2.19. The van der Waals surface area contributed by atoms with Crippen molar-refractivity contribution in [1.82, 2.24) is 5.32 Å². The summed E-state index contributed by atoms with van der Waals surface area (Å²) in [5.41, 5.74) is 1.00. The molecule has 1 atom stereocenters. The van der Waals surface area contributed by atoms with Gasteiger partial charge in [-0.2, -0.15) is 0 Å². The van der Waals surface area contributed by atoms with E-state index in [1.165, 1.54) is 0 Å². The lowest BCUT2D eigenvalue weighted by Crippen LogP contribution is -2.31. The minimum atomic E-state index is -0.518. The molecule has 0 saturated carbocycles. The molecule has 0 bridgehead atoms. The van der Waals surface area contributed by atoms with Gasteiger partial charge in [-0.15, -0.1) is 0 Å². The predicted molar refractivity (Wildman–Crippen MR) is 86.8 cm³/mol. The molecule has 2 N–H and O–H groups in total. The van der Waals surface area contributed by atoms with E-state index in [2.05, 4.69) is 5.32 Å². The van der Waals surface area contributed by atoms with Gasteiger partial charge < -0.3 is 29.4 Å². The third-order valence-electron chi connectivity index (χ3n) is 3.34. The van der Waals surface area contributed by atoms with Crippen molar-refractivity contribution in [3.8, 4) is 11.5 Å². The van der Waals surface area contributed by atoms with Crippen molar-refractivity contribution < 1.29 is 24.1 Å². The highest BCUT2D eigenvalue weighted by Gasteiger charge is 2.13. The summed E-state index contributed by atoms with van der Waals surface area (Å²) >= 11 is 0. The molecule has 0 aromatic heterocycles. The molecule has 130 valence electrons. The third-order valence-corrected chi connectivity index (χ3v) is 3.34. The van der Waals surface area contributed by atoms with Gasteiger partial charge in [-0.05, 0) is 44.5 Å². The molecule has 0 saturated heterocycles. The first-order valence-corrected chi connectivity index (χ1v) is 8.12. The Hall–Kier alpha value is -1.34. The summed E-state index contributed by atoms with van der Waals surface area (Å²) in [7, 11) is 0. The molecular formula is C17H27NO5. The zero-order valence-electron chi connectivity index (χ0n) is 13.9. The van der Waals surface area contributed by atoms with Crippen LogP contribution >= 0.6 is 0 Å². The molecule has 1 aliphatic rings. The second-order valence-corrected chi connectivity index (χ2v) is 5.83. The maximum atomic E-state index is 9.86. The molecule has 6 heteroatoms. The molecule has 0 aliphatic carbocycles. The van der Waals surface area contributed by atoms with Gasteiger partial charge in [0.15, 0.2) is 11.5 Å². The number of aliphatic hydroxyl groups excluding tert-OH is 1. The molecule has 6 nitrogen and oxygen atoms in total. The van der Waals surface area contributed by atoms with Crippen LogP contribution < -0.4 is 14.8 Å². The molecule has 0 amide bonds. The average Bonchev–Trinajstić information content (AvgIpc) is 2.98. The lowest BCUT2D eigenvalue weighted by Gasteiger charge is -2.13. The summed E-state index contributed by atoms with van der Waals surface area (Å²) in [6, 6.07) is 5.72. The highest BCUT2D eigenvalue weighted by atomic mass is 16.7. The first-order chi connectivity index (χ1) is 11.1. The number of ether oxygens (including phenoxy) is 4. The molecule has 0 spiro atoms. The molecule has 0 unspecified atom stereocenters. The van der Waals surface area contributed by atoms with Crippen LogP contribution in [0.2, 0.25) is 0 Å². The van der Waals surface area contributed by atoms with E-state index >= 15 is 0 Å². The summed E-state index contributed by atoms with van der Waals surface area (Å²) in [5.74, 6) is 1.51. The Morgan fingerprint density at radius 3 is 2.91 bits per heavy atom. The molecule has 1 aromatic rings. The summed E-state index contributed by atoms with van der Waals surface area (Å²) in [6.07, 6.45) is 0.684. The van der Waals surface area contributed by atoms with E-state index in [0.717, 1.165) is 36.6 Å². The first-order valence-electron chi connectivity index (χ1n) is 8.12. The quantitative estimate of drug-likeness (QED) is 0.604. The van der Waals surface area contributed by atoms with E-state index < -0.39 is 6.10 Å². The summed E-state index contributed by atoms with van der Waals surface area (Å²) in [4.78, 5) is 0. The number of hydrogen-bond acceptors (Lipinski definition) is 6. The molecule has 0 fully saturated rings. The summed E-state index contributed by atoms with van der Waals surface area (Å²) in [6.45, 7) is 7.13. The minimum Gasteiger partial charge on any atom is -0.454 e. The predicted octanol–water partition coefficient (Wildman–Crippen LogP) is 1.70. The number of benzene rings is 1. The van der Waals surface area contributed by atoms with Gasteiger partial charge in [-0.25, -0.2) is 0 Å². The maximum Gasteiger partial charge on any atom is 0.231 e. The van der Waals surface area contributed by atoms with E-state index in [1.54, 1.807) is 0 Å². The van der Waals surface area contributed by atoms with E-state index in [1.807, 2.05) is 32.0 Å². The van der Waals surface area contributed by atoms with Crippen LogP contribution in [0.15, 0.2) is 18.2 Å². The number of fused-ring (bicyclic) bond motifs is 1. The number of aliphatic hydroxyl groups is 1. The van der Waals surface area contributed by atoms with E-state index in [0.29, 0.717) is 19.8 Å². The summed E-state index contributed by atoms with van der Waals surface area (Å²) < 4.78 is 21.6. The Balaban J connectivity index is 1.52. The molecule has 2 rings (SSSR count). The van der Waals surface area contributed by atoms with Crippen LogP contribution in [0.3, 0.4) is 0 Å². The Morgan fingerprint density at radius 1 is 1.26 bits per heavy atom. The zero-order chi connectivity index (χ0) is 16.5. The topological polar surface area (TPSA) is 69.2 Å². The molecule has 0 radical (unpaired) electrons. The lowest BCUT2D eigenvalue weighted by atomic mass is 10.2. The van der Waals surface area contributed by atoms with Crippen LogP contribution in [-0.2, 0) is 16.1 Å². The number of hydrogen-bond donors (Lipinski definition) is 2. The fraction of sp³-hybridized carbons (Fsp3) is 0.647. The van der Waals surface area contributed by atoms with Crippen molar-refractivity contribution >= 4 is 0 Å². The van der Waals surface area contributed by atoms with Crippen molar-refractivity contribution in [2.45, 2.75) is 39.1 Å². The van der Waals surface area contributed by atoms with Crippen LogP contribution in [0.25, 0.3) is 0 Å². The average molecular weight is 325 g/mol. The molecule has 1 aliphatic heterocycles. The van der Waals surface area contributed by atoms with Crippen molar-refractivity contribution in [2.75, 3.05) is 33.1 Å². The van der Waals surface area contributed by atoms with Gasteiger partial charge in [0.05, 0.1) is 25.4 Å². The smallest absolute Gasteiger partial charge is 0.231 e. The Morgan fingerprint density at radius 2 is 2.09 bits per heavy atom. The molecular weight excluding hydrogens is 298 g/mol. The van der Waals surface area contributed by atoms with E-state index in [9.17, 15) is 5.11 Å². The largest absolute Gasteiger partial charge is 0.454 e. The Labute approximate surface area is 137 Å². The highest BCUT2D eigenvalue weighted by Crippen LogP contribution is 2.32. The lowest BCUT2D eigenvalue weighted by molar-refractivity contribution is 0.0282. The maximum absolute atomic E-state index is 9.86. The van der Waals surface area contributed by atoms with Crippen LogP contribution in [-0.4, -0.2) is 50.4 Å². The van der Waals surface area contributed by atoms with E-state index in [4.69, 9.17) is 18.9 Å². The van der Waals surface area contributed by atoms with Gasteiger partial charge in [-0.1, -0.05) is 6.07 Å². The van der Waals surface area contributed by atoms with Gasteiger partial charge in [-0.3, -0.25) is 0 Å². The first kappa shape index (κ1) is 18.0. The normalized spacial score (nSPS) is 14.4. The SMILES string of the molecule is CC(C)OCCCNC[C@@H](O)COCc1ccc2c(c1)OCO2. The molecule has 23 heavy (non-hydrogen) atoms. The van der Waals surface area contributed by atoms with Crippen LogP contribution in [0.4, 0.5) is 0 Å². The summed E-state index contributed by atoms with van der Waals surface area (Å²) in [5, 5.41) is 13.1. The van der Waals surface area contributed by atoms with Crippen LogP contribution in [0.1, 0.15) is 25.8 Å². The zero-order valence-corrected chi connectivity index (χ0v) is 13.9. The number of nitrogens with one attached hydrogen (secondary N) is 1. The van der Waals surface area contributed by atoms with Crippen molar-refractivity contribution in [1.29, 1.82) is 0 Å². The Kier molecular flexibility index (Phi) is 7.61. The monoisotopic (exact) mass is 325 g/mol. The van der Waals surface area contributed by atoms with Gasteiger partial charge in [0.25, 0.3) is 0 Å². The van der Waals surface area contributed by atoms with Crippen molar-refractivity contribution in [2.24, 2.45) is 0 Å². The van der Waals surface area contributed by atoms with E-state index in [-0.39, 0.29) is 12.9 Å². The molecule has 1 heterocycles. The second-order valence-electron chi connectivity index (χ2n) is 5.83. The highest BCUT2D eigenvalue weighted by molar-refractivity contribution is 5.44. The van der Waals surface area contributed by atoms with Crippen LogP contribution in [0.5, 0.6) is 11.5 Å². The molecule has 1 aromatic carbocycles. The standard InChI is InChI=1S/C17H27NO5/c1-13(2)21-7-3-6-18-9-15(19)11-20-10-14-4-5-16-17(8-14)23-12-22-16/h4-5,8,13,15,18-19H,3,6-7,9-12H2,1-2H3/t15-/m1/s1. The second kappa shape index (κ2) is 9.72. The van der Waals surface area contributed by atoms with Crippen molar-refractivity contribution in [3.63, 3.8) is 0 Å². The fourth-order valence-electron chi connectivity index (χ4n) is 2.19. The van der Waals surface area contributed by atoms with Crippen molar-refractivity contribution in [3.05, 3.63) is 23.8 Å². The van der Waals surface area contributed by atoms with Gasteiger partial charge in [0.2, 0.25) is 6.79 Å². The van der Waals surface area contributed by atoms with Gasteiger partial charge in [0.1, 0.15) is 0 Å². The Bertz CT molecular complexity index is 466. The van der Waals surface area contributed by atoms with Gasteiger partial charge in [0, 0.05) is 13.2 Å².